The lowest BCUT2D eigenvalue weighted by atomic mass is 10.0. The average molecular weight is 230 g/mol. The van der Waals surface area contributed by atoms with Crippen LogP contribution in [0.5, 0.6) is 0 Å². The molecule has 3 rings (SSSR count). The lowest BCUT2D eigenvalue weighted by molar-refractivity contribution is 0.501. The molecule has 90 valence electrons. The van der Waals surface area contributed by atoms with Gasteiger partial charge in [0.05, 0.1) is 0 Å². The van der Waals surface area contributed by atoms with E-state index in [0.717, 1.165) is 42.9 Å². The Balaban J connectivity index is 2.12. The molecule has 0 radical (unpaired) electrons. The minimum atomic E-state index is 0.351. The number of rotatable bonds is 1. The number of hydrogen-bond acceptors (Lipinski definition) is 3. The lowest BCUT2D eigenvalue weighted by Gasteiger charge is -2.03. The van der Waals surface area contributed by atoms with Crippen molar-refractivity contribution in [3.8, 4) is 0 Å². The Kier molecular flexibility index (Phi) is 2.63. The molecule has 0 unspecified atom stereocenters. The van der Waals surface area contributed by atoms with E-state index in [4.69, 9.17) is 4.42 Å². The van der Waals surface area contributed by atoms with Crippen LogP contribution in [0.15, 0.2) is 16.5 Å². The van der Waals surface area contributed by atoms with Crippen LogP contribution in [0.25, 0.3) is 11.1 Å². The fraction of sp³-hybridized carbons (Fsp3) is 0.500. The summed E-state index contributed by atoms with van der Waals surface area (Å²) in [4.78, 5) is 4.56. The van der Waals surface area contributed by atoms with Crippen molar-refractivity contribution in [1.29, 1.82) is 0 Å². The van der Waals surface area contributed by atoms with Crippen LogP contribution in [-0.4, -0.2) is 18.1 Å². The van der Waals surface area contributed by atoms with Crippen LogP contribution in [0.2, 0.25) is 0 Å². The van der Waals surface area contributed by atoms with Crippen molar-refractivity contribution in [2.45, 2.75) is 32.6 Å². The van der Waals surface area contributed by atoms with Crippen molar-refractivity contribution < 1.29 is 4.42 Å². The van der Waals surface area contributed by atoms with Gasteiger partial charge in [-0.05, 0) is 49.2 Å². The third kappa shape index (κ3) is 1.95. The van der Waals surface area contributed by atoms with Crippen molar-refractivity contribution in [2.24, 2.45) is 0 Å². The summed E-state index contributed by atoms with van der Waals surface area (Å²) in [5, 5.41) is 3.42. The van der Waals surface area contributed by atoms with E-state index >= 15 is 0 Å². The predicted molar refractivity (Wildman–Crippen MR) is 68.4 cm³/mol. The van der Waals surface area contributed by atoms with E-state index in [0.29, 0.717) is 5.92 Å². The Labute approximate surface area is 101 Å². The van der Waals surface area contributed by atoms with Gasteiger partial charge in [0.15, 0.2) is 11.5 Å². The van der Waals surface area contributed by atoms with E-state index in [2.05, 4.69) is 36.3 Å². The summed E-state index contributed by atoms with van der Waals surface area (Å²) in [5.41, 5.74) is 4.78. The molecule has 1 aromatic heterocycles. The molecule has 1 aliphatic rings. The first-order valence-electron chi connectivity index (χ1n) is 6.37. The maximum Gasteiger partial charge on any atom is 0.198 e. The Hall–Kier alpha value is -1.35. The molecule has 0 aliphatic carbocycles. The van der Waals surface area contributed by atoms with Crippen molar-refractivity contribution in [3.63, 3.8) is 0 Å². The van der Waals surface area contributed by atoms with Crippen LogP contribution in [-0.2, 0) is 12.8 Å². The minimum Gasteiger partial charge on any atom is -0.440 e. The van der Waals surface area contributed by atoms with Gasteiger partial charge < -0.3 is 9.73 Å². The Morgan fingerprint density at radius 1 is 1.18 bits per heavy atom. The van der Waals surface area contributed by atoms with E-state index in [9.17, 15) is 0 Å². The van der Waals surface area contributed by atoms with Crippen LogP contribution in [0.3, 0.4) is 0 Å². The molecule has 17 heavy (non-hydrogen) atoms. The van der Waals surface area contributed by atoms with Gasteiger partial charge in [0.2, 0.25) is 0 Å². The number of aromatic nitrogens is 1. The molecule has 0 amide bonds. The molecular weight excluding hydrogens is 212 g/mol. The summed E-state index contributed by atoms with van der Waals surface area (Å²) >= 11 is 0. The van der Waals surface area contributed by atoms with Gasteiger partial charge >= 0.3 is 0 Å². The second-order valence-electron chi connectivity index (χ2n) is 5.05. The number of benzene rings is 1. The molecule has 0 saturated heterocycles. The van der Waals surface area contributed by atoms with Crippen molar-refractivity contribution in [1.82, 2.24) is 10.3 Å². The molecule has 2 heterocycles. The predicted octanol–water partition coefficient (Wildman–Crippen LogP) is 2.64. The summed E-state index contributed by atoms with van der Waals surface area (Å²) in [7, 11) is 0. The van der Waals surface area contributed by atoms with E-state index in [1.165, 1.54) is 11.1 Å². The average Bonchev–Trinajstić information content (AvgIpc) is 2.58. The summed E-state index contributed by atoms with van der Waals surface area (Å²) < 4.78 is 5.80. The Morgan fingerprint density at radius 2 is 1.88 bits per heavy atom. The van der Waals surface area contributed by atoms with Crippen LogP contribution in [0, 0.1) is 0 Å². The number of nitrogens with one attached hydrogen (secondary N) is 1. The smallest absolute Gasteiger partial charge is 0.198 e. The first-order valence-corrected chi connectivity index (χ1v) is 6.37. The van der Waals surface area contributed by atoms with Crippen LogP contribution >= 0.6 is 0 Å². The fourth-order valence-electron chi connectivity index (χ4n) is 2.36. The summed E-state index contributed by atoms with van der Waals surface area (Å²) in [5.74, 6) is 1.20. The monoisotopic (exact) mass is 230 g/mol. The van der Waals surface area contributed by atoms with Crippen molar-refractivity contribution in [3.05, 3.63) is 29.2 Å². The largest absolute Gasteiger partial charge is 0.440 e. The molecular formula is C14H18N2O. The molecule has 0 fully saturated rings. The highest BCUT2D eigenvalue weighted by molar-refractivity contribution is 5.75. The van der Waals surface area contributed by atoms with E-state index < -0.39 is 0 Å². The summed E-state index contributed by atoms with van der Waals surface area (Å²) in [6.45, 7) is 6.34. The van der Waals surface area contributed by atoms with Gasteiger partial charge in [-0.2, -0.15) is 0 Å². The van der Waals surface area contributed by atoms with Gasteiger partial charge in [0, 0.05) is 5.92 Å². The summed E-state index contributed by atoms with van der Waals surface area (Å²) in [6.07, 6.45) is 2.18. The number of nitrogens with zero attached hydrogens (tertiary/aromatic N) is 1. The second-order valence-corrected chi connectivity index (χ2v) is 5.05. The molecule has 3 nitrogen and oxygen atoms in total. The zero-order valence-corrected chi connectivity index (χ0v) is 10.4. The standard InChI is InChI=1S/C14H18N2O/c1-9(2)14-16-12-7-10-3-5-15-6-4-11(10)8-13(12)17-14/h7-9,15H,3-6H2,1-2H3. The normalized spacial score (nSPS) is 16.2. The van der Waals surface area contributed by atoms with Crippen molar-refractivity contribution >= 4 is 11.1 Å². The van der Waals surface area contributed by atoms with Gasteiger partial charge in [0.25, 0.3) is 0 Å². The van der Waals surface area contributed by atoms with Crippen LogP contribution in [0.1, 0.15) is 36.8 Å². The quantitative estimate of drug-likeness (QED) is 0.818. The molecule has 0 saturated carbocycles. The van der Waals surface area contributed by atoms with E-state index in [1.54, 1.807) is 0 Å². The zero-order chi connectivity index (χ0) is 11.8. The van der Waals surface area contributed by atoms with Crippen LogP contribution in [0.4, 0.5) is 0 Å². The second kappa shape index (κ2) is 4.15. The van der Waals surface area contributed by atoms with Gasteiger partial charge in [-0.3, -0.25) is 0 Å². The summed E-state index contributed by atoms with van der Waals surface area (Å²) in [6, 6.07) is 4.38. The minimum absolute atomic E-state index is 0.351. The molecule has 2 aromatic rings. The maximum absolute atomic E-state index is 5.80. The number of hydrogen-bond donors (Lipinski definition) is 1. The third-order valence-electron chi connectivity index (χ3n) is 3.36. The van der Waals surface area contributed by atoms with Crippen molar-refractivity contribution in [2.75, 3.05) is 13.1 Å². The SMILES string of the molecule is CC(C)c1nc2cc3c(cc2o1)CCNCC3. The molecule has 0 bridgehead atoms. The highest BCUT2D eigenvalue weighted by Gasteiger charge is 2.14. The topological polar surface area (TPSA) is 38.1 Å². The first-order chi connectivity index (χ1) is 8.24. The molecule has 1 N–H and O–H groups in total. The Bertz CT molecular complexity index is 499. The fourth-order valence-corrected chi connectivity index (χ4v) is 2.36. The number of fused-ring (bicyclic) bond motifs is 2. The highest BCUT2D eigenvalue weighted by atomic mass is 16.3. The van der Waals surface area contributed by atoms with Gasteiger partial charge in [-0.15, -0.1) is 0 Å². The van der Waals surface area contributed by atoms with Gasteiger partial charge in [-0.1, -0.05) is 13.8 Å². The van der Waals surface area contributed by atoms with E-state index in [1.807, 2.05) is 0 Å². The van der Waals surface area contributed by atoms with E-state index in [-0.39, 0.29) is 0 Å². The zero-order valence-electron chi connectivity index (χ0n) is 10.4. The molecule has 1 aliphatic heterocycles. The Morgan fingerprint density at radius 3 is 2.59 bits per heavy atom. The highest BCUT2D eigenvalue weighted by Crippen LogP contribution is 2.25. The molecule has 0 atom stereocenters. The van der Waals surface area contributed by atoms with Gasteiger partial charge in [0.1, 0.15) is 5.52 Å². The van der Waals surface area contributed by atoms with Crippen LogP contribution < -0.4 is 5.32 Å². The maximum atomic E-state index is 5.80. The molecule has 1 aromatic carbocycles. The number of oxazole rings is 1. The molecule has 3 heteroatoms. The first kappa shape index (κ1) is 10.8. The van der Waals surface area contributed by atoms with Gasteiger partial charge in [-0.25, -0.2) is 4.98 Å². The lowest BCUT2D eigenvalue weighted by Crippen LogP contribution is -2.16. The molecule has 0 spiro atoms. The third-order valence-corrected chi connectivity index (χ3v) is 3.36.